The number of sulfonamides is 1. The largest absolute Gasteiger partial charge is 0.497 e. The molecule has 1 aliphatic carbocycles. The highest BCUT2D eigenvalue weighted by Gasteiger charge is 2.33. The summed E-state index contributed by atoms with van der Waals surface area (Å²) in [5.41, 5.74) is 1.99. The van der Waals surface area contributed by atoms with E-state index in [4.69, 9.17) is 4.74 Å². The van der Waals surface area contributed by atoms with Gasteiger partial charge in [-0.2, -0.15) is 4.31 Å². The predicted octanol–water partition coefficient (Wildman–Crippen LogP) is 4.63. The molecule has 0 aromatic heterocycles. The van der Waals surface area contributed by atoms with Gasteiger partial charge in [-0.1, -0.05) is 61.7 Å². The quantitative estimate of drug-likeness (QED) is 0.384. The minimum Gasteiger partial charge on any atom is -0.497 e. The molecule has 0 bridgehead atoms. The molecule has 1 saturated heterocycles. The van der Waals surface area contributed by atoms with Gasteiger partial charge in [0.25, 0.3) is 0 Å². The second kappa shape index (κ2) is 15.4. The summed E-state index contributed by atoms with van der Waals surface area (Å²) in [6, 6.07) is 17.2. The van der Waals surface area contributed by atoms with Crippen LogP contribution in [0.1, 0.15) is 63.0 Å². The van der Waals surface area contributed by atoms with E-state index < -0.39 is 10.0 Å². The molecule has 10 heteroatoms. The number of piperidine rings is 1. The van der Waals surface area contributed by atoms with Crippen molar-refractivity contribution in [3.63, 3.8) is 0 Å². The van der Waals surface area contributed by atoms with Gasteiger partial charge in [0.15, 0.2) is 0 Å². The molecule has 9 nitrogen and oxygen atoms in total. The van der Waals surface area contributed by atoms with Crippen LogP contribution in [-0.2, 0) is 27.9 Å². The summed E-state index contributed by atoms with van der Waals surface area (Å²) in [6.45, 7) is 3.77. The lowest BCUT2D eigenvalue weighted by Gasteiger charge is -2.39. The van der Waals surface area contributed by atoms with Crippen LogP contribution in [-0.4, -0.2) is 79.5 Å². The number of hydrogen-bond acceptors (Lipinski definition) is 5. The summed E-state index contributed by atoms with van der Waals surface area (Å²) >= 11 is 0. The second-order valence-corrected chi connectivity index (χ2v) is 13.7. The Morgan fingerprint density at radius 2 is 1.60 bits per heavy atom. The first-order valence-corrected chi connectivity index (χ1v) is 16.9. The third kappa shape index (κ3) is 8.94. The summed E-state index contributed by atoms with van der Waals surface area (Å²) in [5.74, 6) is 0.812. The zero-order valence-electron chi connectivity index (χ0n) is 25.0. The van der Waals surface area contributed by atoms with Gasteiger partial charge in [0.2, 0.25) is 15.9 Å². The summed E-state index contributed by atoms with van der Waals surface area (Å²) in [7, 11) is -1.93. The van der Waals surface area contributed by atoms with Gasteiger partial charge in [-0.15, -0.1) is 0 Å². The number of nitrogens with zero attached hydrogens (tertiary/aromatic N) is 3. The van der Waals surface area contributed by atoms with Gasteiger partial charge in [0, 0.05) is 38.8 Å². The maximum absolute atomic E-state index is 14.0. The van der Waals surface area contributed by atoms with Gasteiger partial charge >= 0.3 is 6.03 Å². The molecule has 1 aliphatic heterocycles. The Labute approximate surface area is 251 Å². The van der Waals surface area contributed by atoms with Crippen molar-refractivity contribution in [2.45, 2.75) is 71.0 Å². The van der Waals surface area contributed by atoms with Crippen molar-refractivity contribution in [2.24, 2.45) is 5.92 Å². The van der Waals surface area contributed by atoms with E-state index in [9.17, 15) is 18.0 Å². The molecule has 2 aromatic carbocycles. The Hall–Kier alpha value is -3.11. The molecule has 4 rings (SSSR count). The molecule has 42 heavy (non-hydrogen) atoms. The van der Waals surface area contributed by atoms with Crippen molar-refractivity contribution in [1.82, 2.24) is 19.4 Å². The first kappa shape index (κ1) is 31.8. The van der Waals surface area contributed by atoms with E-state index in [1.165, 1.54) is 10.7 Å². The van der Waals surface area contributed by atoms with Crippen molar-refractivity contribution in [3.8, 4) is 5.75 Å². The number of carbonyl (C=O) groups excluding carboxylic acids is 2. The van der Waals surface area contributed by atoms with Crippen LogP contribution in [0.25, 0.3) is 0 Å². The number of hydrogen-bond donors (Lipinski definition) is 1. The number of ether oxygens (including phenoxy) is 1. The maximum Gasteiger partial charge on any atom is 0.317 e. The highest BCUT2D eigenvalue weighted by molar-refractivity contribution is 7.89. The first-order valence-electron chi connectivity index (χ1n) is 15.3. The molecule has 1 N–H and O–H groups in total. The normalized spacial score (nSPS) is 16.8. The van der Waals surface area contributed by atoms with Gasteiger partial charge in [-0.25, -0.2) is 13.2 Å². The standard InChI is InChI=1S/C32H46N4O5S/c1-3-42(39,40)35(23-27-12-8-5-9-13-27)25-31(37)36(24-28-14-16-30(41-2)17-15-28)29-18-20-34(21-19-29)32(38)33-22-26-10-6-4-7-11-26/h4,6-7,10-11,14-17,27,29H,3,5,8-9,12-13,18-25H2,1-2H3,(H,33,38). The molecule has 0 atom stereocenters. The number of amides is 3. The Bertz CT molecular complexity index is 1240. The molecule has 2 aliphatic rings. The number of nitrogens with one attached hydrogen (secondary N) is 1. The highest BCUT2D eigenvalue weighted by Crippen LogP contribution is 2.26. The van der Waals surface area contributed by atoms with Gasteiger partial charge in [-0.3, -0.25) is 4.79 Å². The fraction of sp³-hybridized carbons (Fsp3) is 0.562. The lowest BCUT2D eigenvalue weighted by Crippen LogP contribution is -2.53. The molecule has 3 amide bonds. The van der Waals surface area contributed by atoms with Crippen molar-refractivity contribution in [1.29, 1.82) is 0 Å². The second-order valence-electron chi connectivity index (χ2n) is 11.4. The summed E-state index contributed by atoms with van der Waals surface area (Å²) < 4.78 is 32.9. The van der Waals surface area contributed by atoms with Crippen LogP contribution in [0.3, 0.4) is 0 Å². The number of urea groups is 1. The predicted molar refractivity (Wildman–Crippen MR) is 164 cm³/mol. The van der Waals surface area contributed by atoms with Crippen LogP contribution in [0, 0.1) is 5.92 Å². The van der Waals surface area contributed by atoms with E-state index in [2.05, 4.69) is 5.32 Å². The Kier molecular flexibility index (Phi) is 11.7. The molecule has 1 heterocycles. The molecule has 2 fully saturated rings. The van der Waals surface area contributed by atoms with Crippen molar-refractivity contribution in [2.75, 3.05) is 39.0 Å². The molecule has 0 unspecified atom stereocenters. The van der Waals surface area contributed by atoms with E-state index >= 15 is 0 Å². The number of rotatable bonds is 12. The monoisotopic (exact) mass is 598 g/mol. The zero-order valence-corrected chi connectivity index (χ0v) is 25.9. The minimum absolute atomic E-state index is 0.0258. The molecule has 0 spiro atoms. The molecular weight excluding hydrogens is 552 g/mol. The van der Waals surface area contributed by atoms with Crippen LogP contribution >= 0.6 is 0 Å². The van der Waals surface area contributed by atoms with E-state index in [0.29, 0.717) is 51.5 Å². The molecule has 2 aromatic rings. The molecule has 1 saturated carbocycles. The average Bonchev–Trinajstić information content (AvgIpc) is 3.03. The van der Waals surface area contributed by atoms with Crippen LogP contribution in [0.4, 0.5) is 4.79 Å². The van der Waals surface area contributed by atoms with Crippen molar-refractivity contribution >= 4 is 22.0 Å². The van der Waals surface area contributed by atoms with Crippen molar-refractivity contribution in [3.05, 3.63) is 65.7 Å². The van der Waals surface area contributed by atoms with Gasteiger partial charge < -0.3 is 19.9 Å². The lowest BCUT2D eigenvalue weighted by molar-refractivity contribution is -0.135. The summed E-state index contributed by atoms with van der Waals surface area (Å²) in [6.07, 6.45) is 6.68. The van der Waals surface area contributed by atoms with Crippen LogP contribution < -0.4 is 10.1 Å². The van der Waals surface area contributed by atoms with E-state index in [-0.39, 0.29) is 30.3 Å². The zero-order chi connectivity index (χ0) is 30.0. The maximum atomic E-state index is 14.0. The van der Waals surface area contributed by atoms with Gasteiger partial charge in [0.1, 0.15) is 5.75 Å². The summed E-state index contributed by atoms with van der Waals surface area (Å²) in [5, 5.41) is 3.00. The third-order valence-electron chi connectivity index (χ3n) is 8.57. The third-order valence-corrected chi connectivity index (χ3v) is 10.4. The Morgan fingerprint density at radius 1 is 0.929 bits per heavy atom. The van der Waals surface area contributed by atoms with Gasteiger partial charge in [-0.05, 0) is 61.8 Å². The molecule has 0 radical (unpaired) electrons. The number of carbonyl (C=O) groups is 2. The topological polar surface area (TPSA) is 99.3 Å². The SMILES string of the molecule is CCS(=O)(=O)N(CC(=O)N(Cc1ccc(OC)cc1)C1CCN(C(=O)NCc2ccccc2)CC1)CC1CCCCC1. The van der Waals surface area contributed by atoms with E-state index in [1.54, 1.807) is 18.9 Å². The Morgan fingerprint density at radius 3 is 2.21 bits per heavy atom. The van der Waals surface area contributed by atoms with Crippen molar-refractivity contribution < 1.29 is 22.7 Å². The first-order chi connectivity index (χ1) is 20.3. The number of benzene rings is 2. The smallest absolute Gasteiger partial charge is 0.317 e. The minimum atomic E-state index is -3.54. The van der Waals surface area contributed by atoms with Gasteiger partial charge in [0.05, 0.1) is 19.4 Å². The van der Waals surface area contributed by atoms with Crippen LogP contribution in [0.2, 0.25) is 0 Å². The average molecular weight is 599 g/mol. The number of likely N-dealkylation sites (tertiary alicyclic amines) is 1. The van der Waals surface area contributed by atoms with Crippen LogP contribution in [0.5, 0.6) is 5.75 Å². The Balaban J connectivity index is 1.44. The number of methoxy groups -OCH3 is 1. The fourth-order valence-corrected chi connectivity index (χ4v) is 7.08. The molecule has 230 valence electrons. The lowest BCUT2D eigenvalue weighted by atomic mass is 9.89. The summed E-state index contributed by atoms with van der Waals surface area (Å²) in [4.78, 5) is 30.5. The van der Waals surface area contributed by atoms with Crippen LogP contribution in [0.15, 0.2) is 54.6 Å². The molecular formula is C32H46N4O5S. The highest BCUT2D eigenvalue weighted by atomic mass is 32.2. The van der Waals surface area contributed by atoms with E-state index in [0.717, 1.165) is 42.6 Å². The van der Waals surface area contributed by atoms with E-state index in [1.807, 2.05) is 59.5 Å². The fourth-order valence-electron chi connectivity index (χ4n) is 5.97.